The Morgan fingerprint density at radius 1 is 1.00 bits per heavy atom. The summed E-state index contributed by atoms with van der Waals surface area (Å²) in [7, 11) is 1.60. The first kappa shape index (κ1) is 21.9. The van der Waals surface area contributed by atoms with Crippen LogP contribution >= 0.6 is 0 Å². The average Bonchev–Trinajstić information content (AvgIpc) is 2.45. The summed E-state index contributed by atoms with van der Waals surface area (Å²) in [5.41, 5.74) is -0.117. The topological polar surface area (TPSA) is 77.1 Å². The molecule has 0 radical (unpaired) electrons. The molecule has 7 heteroatoms. The largest absolute Gasteiger partial charge is 0.497 e. The van der Waals surface area contributed by atoms with E-state index < -0.39 is 28.9 Å². The van der Waals surface area contributed by atoms with Gasteiger partial charge in [0.25, 0.3) is 0 Å². The quantitative estimate of drug-likeness (QED) is 0.842. The van der Waals surface area contributed by atoms with Crippen LogP contribution in [0.25, 0.3) is 0 Å². The van der Waals surface area contributed by atoms with Gasteiger partial charge in [-0.2, -0.15) is 0 Å². The maximum Gasteiger partial charge on any atom is 0.410 e. The minimum Gasteiger partial charge on any atom is -0.497 e. The standard InChI is InChI=1S/C21H32N2O5/c1-14-9-15(11-16(10-14)26-8)21(22-17(24)27-19(2,3)4)12-23(13-21)18(25)28-20(5,6)7/h9-11H,12-13H2,1-8H3,(H,22,24). The van der Waals surface area contributed by atoms with Crippen molar-refractivity contribution in [3.63, 3.8) is 0 Å². The molecule has 1 aliphatic heterocycles. The van der Waals surface area contributed by atoms with Crippen LogP contribution in [-0.2, 0) is 15.0 Å². The third-order valence-electron chi connectivity index (χ3n) is 4.15. The molecule has 1 heterocycles. The maximum atomic E-state index is 12.5. The van der Waals surface area contributed by atoms with Gasteiger partial charge >= 0.3 is 12.2 Å². The molecule has 0 saturated carbocycles. The second-order valence-corrected chi connectivity index (χ2v) is 9.28. The van der Waals surface area contributed by atoms with Gasteiger partial charge in [0.15, 0.2) is 0 Å². The number of nitrogens with zero attached hydrogens (tertiary/aromatic N) is 1. The average molecular weight is 392 g/mol. The Morgan fingerprint density at radius 3 is 2.07 bits per heavy atom. The summed E-state index contributed by atoms with van der Waals surface area (Å²) >= 11 is 0. The molecule has 1 aromatic carbocycles. The number of aryl methyl sites for hydroxylation is 1. The van der Waals surface area contributed by atoms with Crippen molar-refractivity contribution in [3.8, 4) is 5.75 Å². The zero-order valence-electron chi connectivity index (χ0n) is 18.1. The number of nitrogens with one attached hydrogen (secondary N) is 1. The molecular formula is C21H32N2O5. The molecule has 0 aromatic heterocycles. The van der Waals surface area contributed by atoms with Crippen LogP contribution in [0.4, 0.5) is 9.59 Å². The van der Waals surface area contributed by atoms with E-state index in [1.165, 1.54) is 0 Å². The fourth-order valence-corrected chi connectivity index (χ4v) is 3.04. The van der Waals surface area contributed by atoms with E-state index in [9.17, 15) is 9.59 Å². The summed E-state index contributed by atoms with van der Waals surface area (Å²) in [6, 6.07) is 5.76. The molecule has 2 rings (SSSR count). The number of carbonyl (C=O) groups excluding carboxylic acids is 2. The van der Waals surface area contributed by atoms with Crippen molar-refractivity contribution in [1.29, 1.82) is 0 Å². The number of carbonyl (C=O) groups is 2. The number of alkyl carbamates (subject to hydrolysis) is 1. The van der Waals surface area contributed by atoms with Crippen molar-refractivity contribution >= 4 is 12.2 Å². The Labute approximate surface area is 167 Å². The molecule has 1 saturated heterocycles. The van der Waals surface area contributed by atoms with E-state index in [-0.39, 0.29) is 13.1 Å². The molecule has 1 N–H and O–H groups in total. The van der Waals surface area contributed by atoms with Crippen LogP contribution in [0.15, 0.2) is 18.2 Å². The van der Waals surface area contributed by atoms with Gasteiger partial charge in [0.05, 0.1) is 20.2 Å². The number of methoxy groups -OCH3 is 1. The molecule has 0 spiro atoms. The van der Waals surface area contributed by atoms with Gasteiger partial charge < -0.3 is 24.4 Å². The summed E-state index contributed by atoms with van der Waals surface area (Å²) in [5, 5.41) is 2.96. The summed E-state index contributed by atoms with van der Waals surface area (Å²) in [5.74, 6) is 0.691. The number of likely N-dealkylation sites (tertiary alicyclic amines) is 1. The molecular weight excluding hydrogens is 360 g/mol. The number of ether oxygens (including phenoxy) is 3. The number of rotatable bonds is 3. The number of amides is 2. The minimum absolute atomic E-state index is 0.285. The number of benzene rings is 1. The van der Waals surface area contributed by atoms with E-state index in [1.54, 1.807) is 12.0 Å². The van der Waals surface area contributed by atoms with E-state index in [0.717, 1.165) is 11.1 Å². The molecule has 156 valence electrons. The van der Waals surface area contributed by atoms with Gasteiger partial charge in [-0.1, -0.05) is 6.07 Å². The fourth-order valence-electron chi connectivity index (χ4n) is 3.04. The third-order valence-corrected chi connectivity index (χ3v) is 4.15. The van der Waals surface area contributed by atoms with Crippen molar-refractivity contribution in [1.82, 2.24) is 10.2 Å². The van der Waals surface area contributed by atoms with E-state index in [4.69, 9.17) is 14.2 Å². The van der Waals surface area contributed by atoms with Gasteiger partial charge in [-0.15, -0.1) is 0 Å². The lowest BCUT2D eigenvalue weighted by molar-refractivity contribution is -0.0230. The number of hydrogen-bond acceptors (Lipinski definition) is 5. The lowest BCUT2D eigenvalue weighted by Crippen LogP contribution is -2.69. The normalized spacial score (nSPS) is 16.1. The molecule has 1 aliphatic rings. The zero-order chi connectivity index (χ0) is 21.3. The lowest BCUT2D eigenvalue weighted by Gasteiger charge is -2.50. The summed E-state index contributed by atoms with van der Waals surface area (Å²) in [6.07, 6.45) is -0.939. The molecule has 28 heavy (non-hydrogen) atoms. The molecule has 0 bridgehead atoms. The van der Waals surface area contributed by atoms with Crippen LogP contribution < -0.4 is 10.1 Å². The first-order valence-electron chi connectivity index (χ1n) is 9.38. The minimum atomic E-state index is -0.765. The SMILES string of the molecule is COc1cc(C)cc(C2(NC(=O)OC(C)(C)C)CN(C(=O)OC(C)(C)C)C2)c1. The predicted octanol–water partition coefficient (Wildman–Crippen LogP) is 3.97. The van der Waals surface area contributed by atoms with Crippen LogP contribution in [-0.4, -0.2) is 48.5 Å². The smallest absolute Gasteiger partial charge is 0.410 e. The summed E-state index contributed by atoms with van der Waals surface area (Å²) < 4.78 is 16.3. The van der Waals surface area contributed by atoms with Crippen molar-refractivity contribution < 1.29 is 23.8 Å². The van der Waals surface area contributed by atoms with Crippen molar-refractivity contribution in [2.24, 2.45) is 0 Å². The van der Waals surface area contributed by atoms with Gasteiger partial charge in [-0.3, -0.25) is 0 Å². The van der Waals surface area contributed by atoms with E-state index in [2.05, 4.69) is 5.32 Å². The van der Waals surface area contributed by atoms with Crippen LogP contribution in [0.5, 0.6) is 5.75 Å². The number of hydrogen-bond donors (Lipinski definition) is 1. The Morgan fingerprint density at radius 2 is 1.57 bits per heavy atom. The summed E-state index contributed by atoms with van der Waals surface area (Å²) in [4.78, 5) is 26.5. The van der Waals surface area contributed by atoms with E-state index in [0.29, 0.717) is 5.75 Å². The van der Waals surface area contributed by atoms with Crippen molar-refractivity contribution in [2.75, 3.05) is 20.2 Å². The monoisotopic (exact) mass is 392 g/mol. The molecule has 0 unspecified atom stereocenters. The molecule has 2 amide bonds. The fraction of sp³-hybridized carbons (Fsp3) is 0.619. The van der Waals surface area contributed by atoms with Crippen LogP contribution in [0.1, 0.15) is 52.7 Å². The van der Waals surface area contributed by atoms with Gasteiger partial charge in [0.1, 0.15) is 22.5 Å². The predicted molar refractivity (Wildman–Crippen MR) is 107 cm³/mol. The van der Waals surface area contributed by atoms with Gasteiger partial charge in [-0.05, 0) is 71.7 Å². The van der Waals surface area contributed by atoms with Gasteiger partial charge in [0.2, 0.25) is 0 Å². The Balaban J connectivity index is 2.27. The second-order valence-electron chi connectivity index (χ2n) is 9.28. The first-order chi connectivity index (χ1) is 12.7. The van der Waals surface area contributed by atoms with Crippen LogP contribution in [0, 0.1) is 6.92 Å². The Bertz CT molecular complexity index is 740. The molecule has 7 nitrogen and oxygen atoms in total. The third kappa shape index (κ3) is 5.53. The van der Waals surface area contributed by atoms with Gasteiger partial charge in [-0.25, -0.2) is 9.59 Å². The Kier molecular flexibility index (Phi) is 5.87. The highest BCUT2D eigenvalue weighted by Gasteiger charge is 2.49. The highest BCUT2D eigenvalue weighted by molar-refractivity contribution is 5.73. The van der Waals surface area contributed by atoms with Crippen molar-refractivity contribution in [3.05, 3.63) is 29.3 Å². The molecule has 0 atom stereocenters. The highest BCUT2D eigenvalue weighted by atomic mass is 16.6. The zero-order valence-corrected chi connectivity index (χ0v) is 18.1. The molecule has 1 fully saturated rings. The highest BCUT2D eigenvalue weighted by Crippen LogP contribution is 2.36. The van der Waals surface area contributed by atoms with Crippen molar-refractivity contribution in [2.45, 2.75) is 65.2 Å². The summed E-state index contributed by atoms with van der Waals surface area (Å²) in [6.45, 7) is 13.4. The lowest BCUT2D eigenvalue weighted by atomic mass is 9.82. The molecule has 0 aliphatic carbocycles. The Hall–Kier alpha value is -2.44. The molecule has 1 aromatic rings. The maximum absolute atomic E-state index is 12.5. The van der Waals surface area contributed by atoms with Crippen LogP contribution in [0.2, 0.25) is 0 Å². The first-order valence-corrected chi connectivity index (χ1v) is 9.38. The van der Waals surface area contributed by atoms with Gasteiger partial charge in [0, 0.05) is 0 Å². The van der Waals surface area contributed by atoms with E-state index in [1.807, 2.05) is 66.7 Å². The second kappa shape index (κ2) is 7.53. The van der Waals surface area contributed by atoms with E-state index >= 15 is 0 Å². The van der Waals surface area contributed by atoms with Crippen LogP contribution in [0.3, 0.4) is 0 Å².